The number of esters is 1. The van der Waals surface area contributed by atoms with Crippen LogP contribution in [-0.4, -0.2) is 166 Å². The molecule has 17 nitrogen and oxygen atoms in total. The highest BCUT2D eigenvalue weighted by Crippen LogP contribution is 2.70. The van der Waals surface area contributed by atoms with Crippen LogP contribution in [0.25, 0.3) is 0 Å². The number of carbonyl (C=O) groups excluding carboxylic acids is 2. The average molecular weight is 813 g/mol. The number of aliphatic hydroxyl groups excluding tert-OH is 7. The zero-order valence-corrected chi connectivity index (χ0v) is 33.1. The van der Waals surface area contributed by atoms with Crippen molar-refractivity contribution in [2.24, 2.45) is 22.7 Å². The standard InChI is InChI=1S/C40H60O17/c1-17-12-26(56-33(49)18(17)2)38(5,50)40(52)11-10-39(51)22-7-6-19-13-20(14-25(43)37(19,4)21(22)8-9-36(39,40)3)53-34-31(48)29(46)32(24(16-42)55-34)57-35-30(47)28(45)27(44)23(15-41)54-35/h6,20-24,26-32,34-35,41-42,44-48,50-52H,7-16H2,1-5H3/t20-,21+,22+,23+,24+,26-,27+,28-,29+,30+,31+,32+,34+,35-,36-,37-,38-,39+,40-/m0/s1. The van der Waals surface area contributed by atoms with Gasteiger partial charge in [0, 0.05) is 23.8 Å². The van der Waals surface area contributed by atoms with Crippen molar-refractivity contribution in [3.63, 3.8) is 0 Å². The van der Waals surface area contributed by atoms with Gasteiger partial charge in [0.15, 0.2) is 12.6 Å². The maximum atomic E-state index is 14.3. The Balaban J connectivity index is 1.06. The monoisotopic (exact) mass is 812 g/mol. The van der Waals surface area contributed by atoms with E-state index in [4.69, 9.17) is 23.7 Å². The number of allylic oxidation sites excluding steroid dienone is 1. The molecule has 3 heterocycles. The van der Waals surface area contributed by atoms with E-state index in [-0.39, 0.29) is 50.2 Å². The van der Waals surface area contributed by atoms with Crippen LogP contribution in [0.4, 0.5) is 0 Å². The van der Waals surface area contributed by atoms with E-state index >= 15 is 0 Å². The largest absolute Gasteiger partial charge is 0.455 e. The molecule has 0 radical (unpaired) electrons. The van der Waals surface area contributed by atoms with Crippen LogP contribution in [0.2, 0.25) is 0 Å². The molecule has 3 aliphatic heterocycles. The average Bonchev–Trinajstić information content (AvgIpc) is 3.40. The third kappa shape index (κ3) is 6.25. The van der Waals surface area contributed by atoms with Gasteiger partial charge in [-0.05, 0) is 78.1 Å². The van der Waals surface area contributed by atoms with Crippen molar-refractivity contribution in [3.05, 3.63) is 22.8 Å². The van der Waals surface area contributed by atoms with Gasteiger partial charge in [0.25, 0.3) is 0 Å². The van der Waals surface area contributed by atoms with Crippen molar-refractivity contribution in [1.82, 2.24) is 0 Å². The van der Waals surface area contributed by atoms with Crippen molar-refractivity contribution in [3.8, 4) is 0 Å². The lowest BCUT2D eigenvalue weighted by molar-refractivity contribution is -0.362. The highest BCUT2D eigenvalue weighted by molar-refractivity contribution is 5.90. The number of cyclic esters (lactones) is 1. The van der Waals surface area contributed by atoms with Gasteiger partial charge >= 0.3 is 5.97 Å². The van der Waals surface area contributed by atoms with Crippen molar-refractivity contribution in [2.45, 2.75) is 176 Å². The molecule has 10 N–H and O–H groups in total. The van der Waals surface area contributed by atoms with Crippen LogP contribution in [0, 0.1) is 22.7 Å². The lowest BCUT2D eigenvalue weighted by atomic mass is 9.44. The molecule has 0 bridgehead atoms. The van der Waals surface area contributed by atoms with Crippen molar-refractivity contribution in [2.75, 3.05) is 13.2 Å². The lowest BCUT2D eigenvalue weighted by Crippen LogP contribution is -2.72. The summed E-state index contributed by atoms with van der Waals surface area (Å²) >= 11 is 0. The van der Waals surface area contributed by atoms with Gasteiger partial charge in [0.1, 0.15) is 71.9 Å². The number of Topliss-reactive ketones (excluding diaryl/α,β-unsaturated/α-hetero) is 1. The lowest BCUT2D eigenvalue weighted by Gasteiger charge is -2.63. The normalized spacial score (nSPS) is 51.3. The van der Waals surface area contributed by atoms with Crippen LogP contribution < -0.4 is 0 Å². The summed E-state index contributed by atoms with van der Waals surface area (Å²) in [4.78, 5) is 27.0. The zero-order chi connectivity index (χ0) is 41.8. The van der Waals surface area contributed by atoms with E-state index in [1.807, 2.05) is 13.0 Å². The van der Waals surface area contributed by atoms with Crippen LogP contribution in [0.5, 0.6) is 0 Å². The SMILES string of the molecule is CC1=C(C)C(=O)O[C@H]([C@](C)(O)[C@]2(O)CC[C@@]3(O)[C@@H]4CC=C5C[C@H](O[C@@H]6O[C@H](CO)[C@@H](O[C@@H]7O[C@H](CO)[C@@H](O)[C@H](O)[C@H]7O)[C@H](O)[C@H]6O)CC(=O)[C@]5(C)[C@@H]4CC[C@]23C)C1. The molecule has 57 heavy (non-hydrogen) atoms. The van der Waals surface area contributed by atoms with Crippen LogP contribution in [0.1, 0.15) is 86.0 Å². The van der Waals surface area contributed by atoms with Crippen molar-refractivity contribution >= 4 is 11.8 Å². The Kier molecular flexibility index (Phi) is 11.3. The molecule has 7 rings (SSSR count). The number of hydrogen-bond donors (Lipinski definition) is 10. The van der Waals surface area contributed by atoms with E-state index in [0.29, 0.717) is 18.4 Å². The number of fused-ring (bicyclic) bond motifs is 5. The fourth-order valence-corrected chi connectivity index (χ4v) is 11.7. The Hall–Kier alpha value is -1.94. The van der Waals surface area contributed by atoms with Crippen LogP contribution in [0.3, 0.4) is 0 Å². The molecule has 3 saturated carbocycles. The molecule has 0 aromatic heterocycles. The molecule has 0 spiro atoms. The molecule has 0 aromatic rings. The number of ether oxygens (including phenoxy) is 5. The summed E-state index contributed by atoms with van der Waals surface area (Å²) in [6.07, 6.45) is -14.3. The van der Waals surface area contributed by atoms with E-state index in [2.05, 4.69) is 0 Å². The van der Waals surface area contributed by atoms with Gasteiger partial charge in [-0.2, -0.15) is 0 Å². The minimum Gasteiger partial charge on any atom is -0.455 e. The van der Waals surface area contributed by atoms with Gasteiger partial charge in [-0.3, -0.25) is 4.79 Å². The van der Waals surface area contributed by atoms with Gasteiger partial charge in [0.05, 0.1) is 30.3 Å². The number of ketones is 1. The third-order valence-electron chi connectivity index (χ3n) is 15.7. The predicted octanol–water partition coefficient (Wildman–Crippen LogP) is -1.61. The first-order valence-electron chi connectivity index (χ1n) is 20.1. The number of aliphatic hydroxyl groups is 10. The number of hydrogen-bond acceptors (Lipinski definition) is 17. The summed E-state index contributed by atoms with van der Waals surface area (Å²) in [7, 11) is 0. The molecule has 0 unspecified atom stereocenters. The molecule has 19 atom stereocenters. The highest BCUT2D eigenvalue weighted by atomic mass is 16.7. The van der Waals surface area contributed by atoms with Crippen LogP contribution in [-0.2, 0) is 33.3 Å². The zero-order valence-electron chi connectivity index (χ0n) is 33.1. The molecule has 7 aliphatic rings. The predicted molar refractivity (Wildman–Crippen MR) is 193 cm³/mol. The minimum absolute atomic E-state index is 0.0575. The van der Waals surface area contributed by atoms with E-state index in [1.54, 1.807) is 20.8 Å². The Morgan fingerprint density at radius 3 is 2.09 bits per heavy atom. The summed E-state index contributed by atoms with van der Waals surface area (Å²) in [5.41, 5.74) is -5.39. The van der Waals surface area contributed by atoms with E-state index < -0.39 is 126 Å². The summed E-state index contributed by atoms with van der Waals surface area (Å²) in [6, 6.07) is 0. The van der Waals surface area contributed by atoms with E-state index in [1.165, 1.54) is 6.92 Å². The van der Waals surface area contributed by atoms with E-state index in [9.17, 15) is 60.7 Å². The Labute approximate surface area is 330 Å². The number of rotatable bonds is 8. The third-order valence-corrected chi connectivity index (χ3v) is 15.7. The topological polar surface area (TPSA) is 283 Å². The fraction of sp³-hybridized carbons (Fsp3) is 0.850. The maximum Gasteiger partial charge on any atom is 0.334 e. The molecule has 4 aliphatic carbocycles. The molecule has 2 saturated heterocycles. The Morgan fingerprint density at radius 1 is 0.807 bits per heavy atom. The summed E-state index contributed by atoms with van der Waals surface area (Å²) < 4.78 is 28.6. The molecule has 17 heteroatoms. The Bertz CT molecular complexity index is 1640. The summed E-state index contributed by atoms with van der Waals surface area (Å²) in [5, 5.41) is 110. The molecule has 322 valence electrons. The van der Waals surface area contributed by atoms with Gasteiger partial charge < -0.3 is 74.7 Å². The van der Waals surface area contributed by atoms with Gasteiger partial charge in [-0.1, -0.05) is 24.1 Å². The molecular formula is C40H60O17. The van der Waals surface area contributed by atoms with Gasteiger partial charge in [0.2, 0.25) is 0 Å². The second-order valence-electron chi connectivity index (χ2n) is 18.3. The van der Waals surface area contributed by atoms with Crippen molar-refractivity contribution < 1.29 is 84.3 Å². The molecular weight excluding hydrogens is 752 g/mol. The first-order valence-corrected chi connectivity index (χ1v) is 20.1. The maximum absolute atomic E-state index is 14.3. The second-order valence-corrected chi connectivity index (χ2v) is 18.3. The number of carbonyl (C=O) groups is 2. The van der Waals surface area contributed by atoms with Gasteiger partial charge in [-0.15, -0.1) is 0 Å². The highest BCUT2D eigenvalue weighted by Gasteiger charge is 2.76. The molecule has 0 aromatic carbocycles. The molecule has 0 amide bonds. The Morgan fingerprint density at radius 2 is 1.44 bits per heavy atom. The van der Waals surface area contributed by atoms with E-state index in [0.717, 1.165) is 11.1 Å². The van der Waals surface area contributed by atoms with Crippen LogP contribution in [0.15, 0.2) is 22.8 Å². The second kappa shape index (κ2) is 14.9. The first kappa shape index (κ1) is 43.2. The molecule has 5 fully saturated rings. The fourth-order valence-electron chi connectivity index (χ4n) is 11.7. The minimum atomic E-state index is -1.90. The first-order chi connectivity index (χ1) is 26.6. The summed E-state index contributed by atoms with van der Waals surface area (Å²) in [5.74, 6) is -1.47. The smallest absolute Gasteiger partial charge is 0.334 e. The summed E-state index contributed by atoms with van der Waals surface area (Å²) in [6.45, 7) is 7.14. The van der Waals surface area contributed by atoms with Gasteiger partial charge in [-0.25, -0.2) is 4.79 Å². The quantitative estimate of drug-likeness (QED) is 0.0975. The van der Waals surface area contributed by atoms with Crippen LogP contribution >= 0.6 is 0 Å². The van der Waals surface area contributed by atoms with Crippen molar-refractivity contribution in [1.29, 1.82) is 0 Å².